The van der Waals surface area contributed by atoms with Crippen LogP contribution < -0.4 is 0 Å². The van der Waals surface area contributed by atoms with E-state index in [1.165, 1.54) is 11.1 Å². The fourth-order valence-electron chi connectivity index (χ4n) is 2.11. The summed E-state index contributed by atoms with van der Waals surface area (Å²) in [5.74, 6) is 0. The Morgan fingerprint density at radius 2 is 2.12 bits per heavy atom. The van der Waals surface area contributed by atoms with Crippen molar-refractivity contribution in [1.29, 1.82) is 0 Å². The fraction of sp³-hybridized carbons (Fsp3) is 0.571. The minimum atomic E-state index is 0.209. The second-order valence-corrected chi connectivity index (χ2v) is 4.56. The molecule has 1 saturated heterocycles. The maximum atomic E-state index is 5.83. The van der Waals surface area contributed by atoms with Crippen LogP contribution in [0.5, 0.6) is 0 Å². The molecular formula is C14H21NO2. The van der Waals surface area contributed by atoms with Gasteiger partial charge in [0.05, 0.1) is 19.3 Å². The number of hydrogen-bond donors (Lipinski definition) is 0. The topological polar surface area (TPSA) is 21.7 Å². The van der Waals surface area contributed by atoms with Crippen molar-refractivity contribution in [2.75, 3.05) is 40.0 Å². The zero-order chi connectivity index (χ0) is 12.1. The van der Waals surface area contributed by atoms with E-state index in [4.69, 9.17) is 9.47 Å². The van der Waals surface area contributed by atoms with Crippen LogP contribution in [0.25, 0.3) is 0 Å². The van der Waals surface area contributed by atoms with E-state index in [0.29, 0.717) is 0 Å². The van der Waals surface area contributed by atoms with Gasteiger partial charge in [0, 0.05) is 26.7 Å². The van der Waals surface area contributed by atoms with Gasteiger partial charge < -0.3 is 9.47 Å². The smallest absolute Gasteiger partial charge is 0.0952 e. The maximum absolute atomic E-state index is 5.83. The van der Waals surface area contributed by atoms with Crippen molar-refractivity contribution < 1.29 is 9.47 Å². The van der Waals surface area contributed by atoms with Gasteiger partial charge in [0.2, 0.25) is 0 Å². The van der Waals surface area contributed by atoms with Crippen molar-refractivity contribution in [3.8, 4) is 0 Å². The Labute approximate surface area is 103 Å². The Balaban J connectivity index is 1.94. The third-order valence-electron chi connectivity index (χ3n) is 3.21. The summed E-state index contributed by atoms with van der Waals surface area (Å²) in [6, 6.07) is 8.62. The van der Waals surface area contributed by atoms with Crippen LogP contribution in [0.2, 0.25) is 0 Å². The highest BCUT2D eigenvalue weighted by molar-refractivity contribution is 5.23. The largest absolute Gasteiger partial charge is 0.383 e. The monoisotopic (exact) mass is 235 g/mol. The number of aryl methyl sites for hydroxylation is 1. The summed E-state index contributed by atoms with van der Waals surface area (Å²) in [6.45, 7) is 6.67. The molecule has 1 aromatic carbocycles. The lowest BCUT2D eigenvalue weighted by atomic mass is 10.1. The quantitative estimate of drug-likeness (QED) is 0.797. The summed E-state index contributed by atoms with van der Waals surface area (Å²) in [7, 11) is 1.75. The highest BCUT2D eigenvalue weighted by atomic mass is 16.5. The molecule has 1 aliphatic rings. The van der Waals surface area contributed by atoms with Crippen LogP contribution in [0.15, 0.2) is 24.3 Å². The molecule has 0 radical (unpaired) electrons. The van der Waals surface area contributed by atoms with Crippen LogP contribution in [-0.2, 0) is 9.47 Å². The van der Waals surface area contributed by atoms with Gasteiger partial charge in [0.15, 0.2) is 0 Å². The van der Waals surface area contributed by atoms with Crippen molar-refractivity contribution in [1.82, 2.24) is 4.90 Å². The average molecular weight is 235 g/mol. The summed E-state index contributed by atoms with van der Waals surface area (Å²) in [4.78, 5) is 2.40. The van der Waals surface area contributed by atoms with Gasteiger partial charge in [0.1, 0.15) is 0 Å². The summed E-state index contributed by atoms with van der Waals surface area (Å²) < 4.78 is 11.0. The SMILES string of the molecule is COCCN1CCOC(c2ccc(C)cc2)C1. The molecule has 94 valence electrons. The van der Waals surface area contributed by atoms with Gasteiger partial charge in [0.25, 0.3) is 0 Å². The molecule has 0 bridgehead atoms. The molecule has 3 heteroatoms. The van der Waals surface area contributed by atoms with Crippen LogP contribution in [0.3, 0.4) is 0 Å². The zero-order valence-corrected chi connectivity index (χ0v) is 10.7. The molecule has 1 aromatic rings. The first-order chi connectivity index (χ1) is 8.29. The number of benzene rings is 1. The number of morpholine rings is 1. The van der Waals surface area contributed by atoms with Gasteiger partial charge in [-0.2, -0.15) is 0 Å². The molecule has 1 fully saturated rings. The molecule has 0 aromatic heterocycles. The Morgan fingerprint density at radius 1 is 1.35 bits per heavy atom. The summed E-state index contributed by atoms with van der Waals surface area (Å²) in [6.07, 6.45) is 0.209. The molecule has 1 atom stereocenters. The molecule has 0 saturated carbocycles. The molecule has 0 N–H and O–H groups in total. The number of rotatable bonds is 4. The summed E-state index contributed by atoms with van der Waals surface area (Å²) >= 11 is 0. The van der Waals surface area contributed by atoms with E-state index in [2.05, 4.69) is 36.1 Å². The zero-order valence-electron chi connectivity index (χ0n) is 10.7. The van der Waals surface area contributed by atoms with E-state index in [-0.39, 0.29) is 6.10 Å². The predicted molar refractivity (Wildman–Crippen MR) is 68.2 cm³/mol. The Morgan fingerprint density at radius 3 is 2.82 bits per heavy atom. The third kappa shape index (κ3) is 3.53. The summed E-state index contributed by atoms with van der Waals surface area (Å²) in [5, 5.41) is 0. The van der Waals surface area contributed by atoms with E-state index in [0.717, 1.165) is 32.8 Å². The van der Waals surface area contributed by atoms with Crippen LogP contribution in [-0.4, -0.2) is 44.9 Å². The first-order valence-electron chi connectivity index (χ1n) is 6.19. The lowest BCUT2D eigenvalue weighted by Gasteiger charge is -2.33. The highest BCUT2D eigenvalue weighted by Crippen LogP contribution is 2.22. The second-order valence-electron chi connectivity index (χ2n) is 4.56. The predicted octanol–water partition coefficient (Wildman–Crippen LogP) is 2.01. The van der Waals surface area contributed by atoms with E-state index < -0.39 is 0 Å². The van der Waals surface area contributed by atoms with Gasteiger partial charge in [-0.1, -0.05) is 29.8 Å². The number of ether oxygens (including phenoxy) is 2. The summed E-state index contributed by atoms with van der Waals surface area (Å²) in [5.41, 5.74) is 2.57. The van der Waals surface area contributed by atoms with Crippen LogP contribution in [0, 0.1) is 6.92 Å². The minimum absolute atomic E-state index is 0.209. The second kappa shape index (κ2) is 6.15. The van der Waals surface area contributed by atoms with Crippen LogP contribution in [0.4, 0.5) is 0 Å². The normalized spacial score (nSPS) is 21.6. The minimum Gasteiger partial charge on any atom is -0.383 e. The van der Waals surface area contributed by atoms with Gasteiger partial charge in [-0.3, -0.25) is 4.90 Å². The molecule has 1 heterocycles. The first-order valence-corrected chi connectivity index (χ1v) is 6.19. The molecule has 1 unspecified atom stereocenters. The van der Waals surface area contributed by atoms with Crippen molar-refractivity contribution in [3.05, 3.63) is 35.4 Å². The van der Waals surface area contributed by atoms with Crippen molar-refractivity contribution >= 4 is 0 Å². The standard InChI is InChI=1S/C14H21NO2/c1-12-3-5-13(6-4-12)14-11-15(7-9-16-2)8-10-17-14/h3-6,14H,7-11H2,1-2H3. The Hall–Kier alpha value is -0.900. The van der Waals surface area contributed by atoms with E-state index in [9.17, 15) is 0 Å². The molecule has 17 heavy (non-hydrogen) atoms. The molecule has 2 rings (SSSR count). The maximum Gasteiger partial charge on any atom is 0.0952 e. The third-order valence-corrected chi connectivity index (χ3v) is 3.21. The van der Waals surface area contributed by atoms with E-state index in [1.807, 2.05) is 0 Å². The van der Waals surface area contributed by atoms with Gasteiger partial charge >= 0.3 is 0 Å². The number of methoxy groups -OCH3 is 1. The highest BCUT2D eigenvalue weighted by Gasteiger charge is 2.21. The van der Waals surface area contributed by atoms with E-state index in [1.54, 1.807) is 7.11 Å². The van der Waals surface area contributed by atoms with Crippen molar-refractivity contribution in [3.63, 3.8) is 0 Å². The Bertz CT molecular complexity index is 337. The fourth-order valence-corrected chi connectivity index (χ4v) is 2.11. The number of hydrogen-bond acceptors (Lipinski definition) is 3. The molecule has 0 spiro atoms. The molecule has 0 amide bonds. The lowest BCUT2D eigenvalue weighted by molar-refractivity contribution is -0.0356. The van der Waals surface area contributed by atoms with Crippen molar-refractivity contribution in [2.45, 2.75) is 13.0 Å². The van der Waals surface area contributed by atoms with Gasteiger partial charge in [-0.05, 0) is 12.5 Å². The molecular weight excluding hydrogens is 214 g/mol. The van der Waals surface area contributed by atoms with Crippen molar-refractivity contribution in [2.24, 2.45) is 0 Å². The van der Waals surface area contributed by atoms with Gasteiger partial charge in [-0.25, -0.2) is 0 Å². The van der Waals surface area contributed by atoms with Crippen LogP contribution >= 0.6 is 0 Å². The first kappa shape index (κ1) is 12.6. The molecule has 3 nitrogen and oxygen atoms in total. The van der Waals surface area contributed by atoms with Gasteiger partial charge in [-0.15, -0.1) is 0 Å². The Kier molecular flexibility index (Phi) is 4.54. The number of nitrogens with zero attached hydrogens (tertiary/aromatic N) is 1. The van der Waals surface area contributed by atoms with Crippen LogP contribution in [0.1, 0.15) is 17.2 Å². The lowest BCUT2D eigenvalue weighted by Crippen LogP contribution is -2.40. The average Bonchev–Trinajstić information content (AvgIpc) is 2.37. The molecule has 1 aliphatic heterocycles. The van der Waals surface area contributed by atoms with E-state index >= 15 is 0 Å². The molecule has 0 aliphatic carbocycles.